The summed E-state index contributed by atoms with van der Waals surface area (Å²) in [5, 5.41) is 0. The summed E-state index contributed by atoms with van der Waals surface area (Å²) in [5.74, 6) is -0.738. The third kappa shape index (κ3) is 4.00. The van der Waals surface area contributed by atoms with E-state index in [-0.39, 0.29) is 28.7 Å². The summed E-state index contributed by atoms with van der Waals surface area (Å²) in [4.78, 5) is 0. The van der Waals surface area contributed by atoms with E-state index in [9.17, 15) is 12.8 Å². The molecule has 0 amide bonds. The van der Waals surface area contributed by atoms with Crippen molar-refractivity contribution in [2.45, 2.75) is 26.0 Å². The monoisotopic (exact) mass is 259 g/mol. The minimum absolute atomic E-state index is 0.0667. The Labute approximate surface area is 102 Å². The largest absolute Gasteiger partial charge is 0.398 e. The fourth-order valence-electron chi connectivity index (χ4n) is 1.56. The van der Waals surface area contributed by atoms with Gasteiger partial charge in [-0.25, -0.2) is 12.8 Å². The molecule has 0 aliphatic carbocycles. The van der Waals surface area contributed by atoms with Gasteiger partial charge < -0.3 is 5.73 Å². The Balaban J connectivity index is 2.91. The Hall–Kier alpha value is -1.10. The summed E-state index contributed by atoms with van der Waals surface area (Å²) in [7, 11) is -3.31. The molecule has 96 valence electrons. The lowest BCUT2D eigenvalue weighted by atomic mass is 10.2. The maximum atomic E-state index is 13.5. The molecular formula is C12H18FNO2S. The van der Waals surface area contributed by atoms with Crippen molar-refractivity contribution in [3.63, 3.8) is 0 Å². The number of rotatable bonds is 5. The van der Waals surface area contributed by atoms with Gasteiger partial charge in [-0.05, 0) is 18.1 Å². The van der Waals surface area contributed by atoms with Crippen molar-refractivity contribution in [2.75, 3.05) is 11.5 Å². The van der Waals surface area contributed by atoms with Crippen molar-refractivity contribution in [1.29, 1.82) is 0 Å². The molecule has 2 N–H and O–H groups in total. The quantitative estimate of drug-likeness (QED) is 0.826. The number of anilines is 1. The Morgan fingerprint density at radius 3 is 2.59 bits per heavy atom. The smallest absolute Gasteiger partial charge is 0.154 e. The van der Waals surface area contributed by atoms with Gasteiger partial charge in [0.2, 0.25) is 0 Å². The van der Waals surface area contributed by atoms with Crippen LogP contribution in [0.5, 0.6) is 0 Å². The number of hydrogen-bond acceptors (Lipinski definition) is 3. The summed E-state index contributed by atoms with van der Waals surface area (Å²) in [6.45, 7) is 3.79. The molecule has 0 fully saturated rings. The number of nitrogen functional groups attached to an aromatic ring is 1. The van der Waals surface area contributed by atoms with Crippen LogP contribution in [0.25, 0.3) is 0 Å². The third-order valence-corrected chi connectivity index (χ3v) is 4.56. The minimum atomic E-state index is -3.31. The number of sulfone groups is 1. The van der Waals surface area contributed by atoms with Crippen molar-refractivity contribution in [1.82, 2.24) is 0 Å². The van der Waals surface area contributed by atoms with Gasteiger partial charge in [-0.15, -0.1) is 0 Å². The van der Waals surface area contributed by atoms with Gasteiger partial charge in [0.1, 0.15) is 5.82 Å². The first kappa shape index (κ1) is 14.0. The average molecular weight is 259 g/mol. The highest BCUT2D eigenvalue weighted by atomic mass is 32.2. The molecule has 1 atom stereocenters. The summed E-state index contributed by atoms with van der Waals surface area (Å²) in [6, 6.07) is 4.21. The Bertz CT molecular complexity index is 465. The van der Waals surface area contributed by atoms with E-state index in [4.69, 9.17) is 5.73 Å². The molecule has 1 unspecified atom stereocenters. The van der Waals surface area contributed by atoms with Gasteiger partial charge in [0.25, 0.3) is 0 Å². The number of nitrogens with two attached hydrogens (primary N) is 1. The topological polar surface area (TPSA) is 60.2 Å². The van der Waals surface area contributed by atoms with E-state index in [1.807, 2.05) is 13.8 Å². The van der Waals surface area contributed by atoms with Crippen LogP contribution in [0, 0.1) is 11.7 Å². The van der Waals surface area contributed by atoms with Crippen molar-refractivity contribution in [3.8, 4) is 0 Å². The first-order chi connectivity index (χ1) is 7.85. The molecule has 5 heteroatoms. The van der Waals surface area contributed by atoms with Crippen LogP contribution in [0.15, 0.2) is 18.2 Å². The van der Waals surface area contributed by atoms with Crippen LogP contribution in [0.2, 0.25) is 0 Å². The van der Waals surface area contributed by atoms with Gasteiger partial charge in [-0.2, -0.15) is 0 Å². The van der Waals surface area contributed by atoms with Crippen LogP contribution in [0.3, 0.4) is 0 Å². The second-order valence-corrected chi connectivity index (χ2v) is 6.48. The van der Waals surface area contributed by atoms with Gasteiger partial charge in [0.05, 0.1) is 11.5 Å². The zero-order valence-electron chi connectivity index (χ0n) is 10.1. The zero-order valence-corrected chi connectivity index (χ0v) is 10.9. The molecule has 0 aromatic heterocycles. The second kappa shape index (κ2) is 5.49. The van der Waals surface area contributed by atoms with E-state index >= 15 is 0 Å². The molecule has 17 heavy (non-hydrogen) atoms. The second-order valence-electron chi connectivity index (χ2n) is 4.38. The summed E-state index contributed by atoms with van der Waals surface area (Å²) < 4.78 is 37.2. The highest BCUT2D eigenvalue weighted by molar-refractivity contribution is 7.90. The molecule has 0 radical (unpaired) electrons. The predicted octanol–water partition coefficient (Wildman–Crippen LogP) is 2.37. The highest BCUT2D eigenvalue weighted by Gasteiger charge is 2.19. The first-order valence-electron chi connectivity index (χ1n) is 5.59. The van der Waals surface area contributed by atoms with Crippen LogP contribution in [0.1, 0.15) is 25.8 Å². The molecule has 3 nitrogen and oxygen atoms in total. The molecule has 1 aromatic carbocycles. The lowest BCUT2D eigenvalue weighted by Crippen LogP contribution is -2.16. The highest BCUT2D eigenvalue weighted by Crippen LogP contribution is 2.20. The van der Waals surface area contributed by atoms with Gasteiger partial charge >= 0.3 is 0 Å². The molecule has 0 saturated carbocycles. The standard InChI is InChI=1S/C12H18FNO2S/c1-3-9(2)7-17(15,16)8-10-11(13)5-4-6-12(10)14/h4-6,9H,3,7-8,14H2,1-2H3. The lowest BCUT2D eigenvalue weighted by Gasteiger charge is -2.11. The van der Waals surface area contributed by atoms with Gasteiger partial charge in [0, 0.05) is 11.3 Å². The first-order valence-corrected chi connectivity index (χ1v) is 7.41. The van der Waals surface area contributed by atoms with Crippen LogP contribution >= 0.6 is 0 Å². The van der Waals surface area contributed by atoms with Crippen LogP contribution in [-0.4, -0.2) is 14.2 Å². The molecule has 1 rings (SSSR count). The molecule has 1 aromatic rings. The number of halogens is 1. The van der Waals surface area contributed by atoms with Crippen molar-refractivity contribution < 1.29 is 12.8 Å². The van der Waals surface area contributed by atoms with Crippen molar-refractivity contribution >= 4 is 15.5 Å². The molecule has 0 spiro atoms. The van der Waals surface area contributed by atoms with Crippen molar-refractivity contribution in [3.05, 3.63) is 29.6 Å². The van der Waals surface area contributed by atoms with Crippen LogP contribution in [-0.2, 0) is 15.6 Å². The fourth-order valence-corrected chi connectivity index (χ4v) is 3.52. The van der Waals surface area contributed by atoms with Gasteiger partial charge in [0.15, 0.2) is 9.84 Å². The van der Waals surface area contributed by atoms with E-state index < -0.39 is 15.7 Å². The zero-order chi connectivity index (χ0) is 13.1. The van der Waals surface area contributed by atoms with E-state index in [1.165, 1.54) is 18.2 Å². The SMILES string of the molecule is CCC(C)CS(=O)(=O)Cc1c(N)cccc1F. The molecule has 0 heterocycles. The van der Waals surface area contributed by atoms with Gasteiger partial charge in [-0.1, -0.05) is 26.3 Å². The number of hydrogen-bond donors (Lipinski definition) is 1. The lowest BCUT2D eigenvalue weighted by molar-refractivity contribution is 0.560. The van der Waals surface area contributed by atoms with Gasteiger partial charge in [-0.3, -0.25) is 0 Å². The van der Waals surface area contributed by atoms with E-state index in [0.717, 1.165) is 6.42 Å². The van der Waals surface area contributed by atoms with E-state index in [2.05, 4.69) is 0 Å². The summed E-state index contributed by atoms with van der Waals surface area (Å²) in [6.07, 6.45) is 0.784. The molecule has 0 aliphatic heterocycles. The molecule has 0 aliphatic rings. The van der Waals surface area contributed by atoms with Crippen LogP contribution < -0.4 is 5.73 Å². The van der Waals surface area contributed by atoms with Crippen LogP contribution in [0.4, 0.5) is 10.1 Å². The minimum Gasteiger partial charge on any atom is -0.398 e. The Morgan fingerprint density at radius 2 is 2.06 bits per heavy atom. The molecule has 0 bridgehead atoms. The average Bonchev–Trinajstić information content (AvgIpc) is 2.23. The number of benzene rings is 1. The summed E-state index contributed by atoms with van der Waals surface area (Å²) >= 11 is 0. The maximum Gasteiger partial charge on any atom is 0.154 e. The third-order valence-electron chi connectivity index (χ3n) is 2.75. The molecule has 0 saturated heterocycles. The normalized spacial score (nSPS) is 13.6. The fraction of sp³-hybridized carbons (Fsp3) is 0.500. The van der Waals surface area contributed by atoms with Crippen molar-refractivity contribution in [2.24, 2.45) is 5.92 Å². The Morgan fingerprint density at radius 1 is 1.41 bits per heavy atom. The molecular weight excluding hydrogens is 241 g/mol. The predicted molar refractivity (Wildman–Crippen MR) is 67.8 cm³/mol. The summed E-state index contributed by atoms with van der Waals surface area (Å²) in [5.41, 5.74) is 5.86. The maximum absolute atomic E-state index is 13.5. The Kier molecular flexibility index (Phi) is 4.51. The van der Waals surface area contributed by atoms with E-state index in [0.29, 0.717) is 0 Å². The van der Waals surface area contributed by atoms with E-state index in [1.54, 1.807) is 0 Å².